The summed E-state index contributed by atoms with van der Waals surface area (Å²) in [7, 11) is 1.84. The second-order valence-electron chi connectivity index (χ2n) is 3.74. The number of carbonyl (C=O) groups excluding carboxylic acids is 1. The molecule has 0 amide bonds. The number of hydrogen-bond acceptors (Lipinski definition) is 2. The minimum absolute atomic E-state index is 0. The maximum absolute atomic E-state index is 11.2. The van der Waals surface area contributed by atoms with Gasteiger partial charge in [0, 0.05) is 1.43 Å². The molecular formula is C9H21NO. The Morgan fingerprint density at radius 1 is 1.64 bits per heavy atom. The van der Waals surface area contributed by atoms with Crippen LogP contribution in [0.15, 0.2) is 0 Å². The summed E-state index contributed by atoms with van der Waals surface area (Å²) in [6, 6.07) is 0. The second-order valence-corrected chi connectivity index (χ2v) is 3.74. The van der Waals surface area contributed by atoms with Gasteiger partial charge in [0.05, 0.1) is 5.54 Å². The lowest BCUT2D eigenvalue weighted by molar-refractivity contribution is -0.123. The van der Waals surface area contributed by atoms with Gasteiger partial charge in [-0.05, 0) is 33.2 Å². The van der Waals surface area contributed by atoms with E-state index in [0.29, 0.717) is 5.92 Å². The van der Waals surface area contributed by atoms with E-state index in [9.17, 15) is 4.79 Å². The Hall–Kier alpha value is -0.370. The molecule has 11 heavy (non-hydrogen) atoms. The normalized spacial score (nSPS) is 16.5. The third-order valence-electron chi connectivity index (χ3n) is 2.15. The van der Waals surface area contributed by atoms with Crippen molar-refractivity contribution in [1.82, 2.24) is 5.32 Å². The first-order chi connectivity index (χ1) is 4.92. The molecule has 0 saturated carbocycles. The molecule has 1 N–H and O–H groups in total. The van der Waals surface area contributed by atoms with Gasteiger partial charge in [0.2, 0.25) is 0 Å². The smallest absolute Gasteiger partial charge is 0.149 e. The summed E-state index contributed by atoms with van der Waals surface area (Å²) < 4.78 is 0. The zero-order chi connectivity index (χ0) is 9.07. The topological polar surface area (TPSA) is 29.1 Å². The third-order valence-corrected chi connectivity index (χ3v) is 2.15. The fourth-order valence-corrected chi connectivity index (χ4v) is 1.24. The van der Waals surface area contributed by atoms with Crippen LogP contribution in [0.5, 0.6) is 0 Å². The minimum atomic E-state index is -0.325. The number of likely N-dealkylation sites (N-methyl/N-ethyl adjacent to an activating group) is 1. The Morgan fingerprint density at radius 2 is 2.09 bits per heavy atom. The van der Waals surface area contributed by atoms with Gasteiger partial charge < -0.3 is 5.32 Å². The quantitative estimate of drug-likeness (QED) is 0.678. The lowest BCUT2D eigenvalue weighted by Gasteiger charge is -2.27. The third kappa shape index (κ3) is 3.02. The Bertz CT molecular complexity index is 147. The first-order valence-corrected chi connectivity index (χ1v) is 4.12. The van der Waals surface area contributed by atoms with Crippen LogP contribution in [0, 0.1) is 5.92 Å². The van der Waals surface area contributed by atoms with Gasteiger partial charge >= 0.3 is 0 Å². The van der Waals surface area contributed by atoms with Crippen molar-refractivity contribution in [1.29, 1.82) is 0 Å². The van der Waals surface area contributed by atoms with E-state index in [1.807, 2.05) is 14.0 Å². The first kappa shape index (κ1) is 10.6. The molecule has 0 bridgehead atoms. The molecule has 0 radical (unpaired) electrons. The van der Waals surface area contributed by atoms with Crippen molar-refractivity contribution >= 4 is 5.78 Å². The molecule has 1 atom stereocenters. The molecule has 0 rings (SSSR count). The van der Waals surface area contributed by atoms with Crippen molar-refractivity contribution in [3.05, 3.63) is 0 Å². The molecule has 0 saturated heterocycles. The monoisotopic (exact) mass is 159 g/mol. The molecule has 2 heteroatoms. The van der Waals surface area contributed by atoms with E-state index in [2.05, 4.69) is 19.2 Å². The molecule has 0 aromatic rings. The average Bonchev–Trinajstić information content (AvgIpc) is 1.86. The summed E-state index contributed by atoms with van der Waals surface area (Å²) in [5.74, 6) is 0.769. The van der Waals surface area contributed by atoms with Crippen molar-refractivity contribution in [2.75, 3.05) is 7.05 Å². The predicted molar refractivity (Wildman–Crippen MR) is 49.7 cm³/mol. The maximum Gasteiger partial charge on any atom is 0.149 e. The van der Waals surface area contributed by atoms with Crippen LogP contribution in [0.3, 0.4) is 0 Å². The molecule has 0 aromatic heterocycles. The lowest BCUT2D eigenvalue weighted by Crippen LogP contribution is -2.47. The molecule has 0 fully saturated rings. The lowest BCUT2D eigenvalue weighted by atomic mass is 9.88. The van der Waals surface area contributed by atoms with Gasteiger partial charge in [-0.15, -0.1) is 0 Å². The Balaban J connectivity index is 0. The molecule has 0 aliphatic rings. The van der Waals surface area contributed by atoms with Gasteiger partial charge in [-0.3, -0.25) is 4.79 Å². The van der Waals surface area contributed by atoms with Crippen LogP contribution in [0.4, 0.5) is 0 Å². The summed E-state index contributed by atoms with van der Waals surface area (Å²) in [5, 5.41) is 3.06. The zero-order valence-corrected chi connectivity index (χ0v) is 8.19. The zero-order valence-electron chi connectivity index (χ0n) is 8.19. The van der Waals surface area contributed by atoms with Crippen LogP contribution >= 0.6 is 0 Å². The summed E-state index contributed by atoms with van der Waals surface area (Å²) in [6.07, 6.45) is 0.902. The van der Waals surface area contributed by atoms with Gasteiger partial charge in [0.15, 0.2) is 0 Å². The number of rotatable bonds is 4. The molecule has 0 aliphatic heterocycles. The van der Waals surface area contributed by atoms with E-state index < -0.39 is 0 Å². The molecule has 0 unspecified atom stereocenters. The number of nitrogens with one attached hydrogen (secondary N) is 1. The maximum atomic E-state index is 11.2. The highest BCUT2D eigenvalue weighted by Crippen LogP contribution is 2.16. The average molecular weight is 159 g/mol. The molecule has 0 heterocycles. The van der Waals surface area contributed by atoms with Crippen molar-refractivity contribution < 1.29 is 6.22 Å². The summed E-state index contributed by atoms with van der Waals surface area (Å²) in [6.45, 7) is 7.84. The van der Waals surface area contributed by atoms with Gasteiger partial charge in [-0.25, -0.2) is 0 Å². The van der Waals surface area contributed by atoms with Gasteiger partial charge in [0.25, 0.3) is 0 Å². The fourth-order valence-electron chi connectivity index (χ4n) is 1.24. The van der Waals surface area contributed by atoms with Crippen molar-refractivity contribution in [3.8, 4) is 0 Å². The van der Waals surface area contributed by atoms with E-state index in [1.54, 1.807) is 6.92 Å². The van der Waals surface area contributed by atoms with Crippen molar-refractivity contribution in [2.45, 2.75) is 39.7 Å². The number of hydrogen-bond donors (Lipinski definition) is 1. The van der Waals surface area contributed by atoms with E-state index in [-0.39, 0.29) is 12.7 Å². The predicted octanol–water partition coefficient (Wildman–Crippen LogP) is 1.85. The van der Waals surface area contributed by atoms with Crippen LogP contribution in [-0.2, 0) is 4.79 Å². The van der Waals surface area contributed by atoms with Crippen LogP contribution in [0.25, 0.3) is 0 Å². The second kappa shape index (κ2) is 3.86. The van der Waals surface area contributed by atoms with Gasteiger partial charge in [0.1, 0.15) is 5.78 Å². The number of ketones is 1. The van der Waals surface area contributed by atoms with Gasteiger partial charge in [-0.1, -0.05) is 13.8 Å². The van der Waals surface area contributed by atoms with Crippen LogP contribution < -0.4 is 5.32 Å². The molecule has 0 aliphatic carbocycles. The first-order valence-electron chi connectivity index (χ1n) is 4.12. The van der Waals surface area contributed by atoms with E-state index in [0.717, 1.165) is 6.42 Å². The summed E-state index contributed by atoms with van der Waals surface area (Å²) in [4.78, 5) is 11.2. The van der Waals surface area contributed by atoms with Crippen LogP contribution in [-0.4, -0.2) is 18.4 Å². The fraction of sp³-hybridized carbons (Fsp3) is 0.889. The Kier molecular flexibility index (Phi) is 3.73. The van der Waals surface area contributed by atoms with Crippen molar-refractivity contribution in [3.63, 3.8) is 0 Å². The van der Waals surface area contributed by atoms with Gasteiger partial charge in [-0.2, -0.15) is 0 Å². The van der Waals surface area contributed by atoms with E-state index >= 15 is 0 Å². The standard InChI is InChI=1S/C9H19NO.H2/c1-7(2)6-9(4,10-5)8(3)11;/h7,10H,6H2,1-5H3;1H/t9-;/m0./s1. The highest BCUT2D eigenvalue weighted by atomic mass is 16.1. The molecule has 2 nitrogen and oxygen atoms in total. The van der Waals surface area contributed by atoms with Crippen molar-refractivity contribution in [2.24, 2.45) is 5.92 Å². The minimum Gasteiger partial charge on any atom is -0.308 e. The van der Waals surface area contributed by atoms with Crippen LogP contribution in [0.1, 0.15) is 35.5 Å². The SMILES string of the molecule is CN[C@@](C)(CC(C)C)C(C)=O.[HH]. The number of carbonyl (C=O) groups is 1. The number of Topliss-reactive ketones (excluding diaryl/α,β-unsaturated/α-hetero) is 1. The molecule has 0 spiro atoms. The Morgan fingerprint density at radius 3 is 2.18 bits per heavy atom. The highest BCUT2D eigenvalue weighted by Gasteiger charge is 2.27. The van der Waals surface area contributed by atoms with E-state index in [1.165, 1.54) is 0 Å². The summed E-state index contributed by atoms with van der Waals surface area (Å²) >= 11 is 0. The largest absolute Gasteiger partial charge is 0.308 e. The highest BCUT2D eigenvalue weighted by molar-refractivity contribution is 5.85. The van der Waals surface area contributed by atoms with Crippen LogP contribution in [0.2, 0.25) is 0 Å². The van der Waals surface area contributed by atoms with E-state index in [4.69, 9.17) is 0 Å². The molecular weight excluding hydrogens is 138 g/mol. The Labute approximate surface area is 70.9 Å². The summed E-state index contributed by atoms with van der Waals surface area (Å²) in [5.41, 5.74) is -0.325. The molecule has 0 aromatic carbocycles. The molecule has 68 valence electrons.